The van der Waals surface area contributed by atoms with Crippen LogP contribution in [0.1, 0.15) is 48.2 Å². The minimum absolute atomic E-state index is 0.312. The molecule has 0 fully saturated rings. The summed E-state index contributed by atoms with van der Waals surface area (Å²) in [6, 6.07) is 9.67. The largest absolute Gasteiger partial charge is 0.493 e. The Labute approximate surface area is 256 Å². The van der Waals surface area contributed by atoms with Crippen molar-refractivity contribution in [3.63, 3.8) is 0 Å². The summed E-state index contributed by atoms with van der Waals surface area (Å²) in [6.07, 6.45) is 11.9. The molecular formula is C32H39BrN2O7. The Balaban J connectivity index is 1.93. The normalized spacial score (nSPS) is 11.1. The zero-order valence-electron chi connectivity index (χ0n) is 25.1. The Morgan fingerprint density at radius 3 is 1.36 bits per heavy atom. The highest BCUT2D eigenvalue weighted by atomic mass is 79.9. The van der Waals surface area contributed by atoms with E-state index in [4.69, 9.17) is 33.2 Å². The van der Waals surface area contributed by atoms with E-state index in [1.54, 1.807) is 42.7 Å². The molecule has 0 N–H and O–H groups in total. The van der Waals surface area contributed by atoms with Crippen LogP contribution in [0.4, 0.5) is 0 Å². The van der Waals surface area contributed by atoms with Gasteiger partial charge in [0.05, 0.1) is 60.7 Å². The molecule has 0 saturated heterocycles. The van der Waals surface area contributed by atoms with Gasteiger partial charge in [-0.3, -0.25) is 0 Å². The van der Waals surface area contributed by atoms with E-state index in [9.17, 15) is 0 Å². The van der Waals surface area contributed by atoms with Gasteiger partial charge in [-0.2, -0.15) is 9.97 Å². The first-order chi connectivity index (χ1) is 20.5. The summed E-state index contributed by atoms with van der Waals surface area (Å²) >= 11 is 3.48. The molecule has 0 radical (unpaired) electrons. The van der Waals surface area contributed by atoms with Crippen LogP contribution in [0.2, 0.25) is 0 Å². The molecule has 0 amide bonds. The molecule has 1 heterocycles. The molecule has 0 aliphatic rings. The number of methoxy groups -OCH3 is 6. The van der Waals surface area contributed by atoms with Gasteiger partial charge in [-0.15, -0.1) is 0 Å². The molecule has 0 spiro atoms. The monoisotopic (exact) mass is 642 g/mol. The number of unbranched alkanes of at least 4 members (excludes halogenated alkanes) is 3. The zero-order valence-corrected chi connectivity index (χ0v) is 26.7. The first-order valence-electron chi connectivity index (χ1n) is 13.5. The number of hydrogen-bond acceptors (Lipinski definition) is 9. The molecule has 2 aromatic carbocycles. The van der Waals surface area contributed by atoms with Crippen molar-refractivity contribution in [2.45, 2.75) is 25.7 Å². The molecule has 0 aliphatic carbocycles. The minimum atomic E-state index is 0.312. The van der Waals surface area contributed by atoms with Gasteiger partial charge in [0.2, 0.25) is 11.5 Å². The van der Waals surface area contributed by atoms with Gasteiger partial charge in [-0.1, -0.05) is 40.9 Å². The molecule has 3 rings (SSSR count). The molecule has 226 valence electrons. The molecule has 9 nitrogen and oxygen atoms in total. The third-order valence-electron chi connectivity index (χ3n) is 6.27. The van der Waals surface area contributed by atoms with Crippen LogP contribution < -0.4 is 33.2 Å². The van der Waals surface area contributed by atoms with Crippen LogP contribution in [0.15, 0.2) is 30.3 Å². The van der Waals surface area contributed by atoms with E-state index in [0.717, 1.165) is 42.1 Å². The summed E-state index contributed by atoms with van der Waals surface area (Å²) in [5.41, 5.74) is 3.06. The fraction of sp³-hybridized carbons (Fsp3) is 0.375. The number of halogens is 1. The van der Waals surface area contributed by atoms with Crippen molar-refractivity contribution < 1.29 is 33.2 Å². The molecular weight excluding hydrogens is 604 g/mol. The lowest BCUT2D eigenvalue weighted by atomic mass is 10.1. The summed E-state index contributed by atoms with van der Waals surface area (Å²) in [7, 11) is 9.51. The Bertz CT molecular complexity index is 1220. The van der Waals surface area contributed by atoms with Gasteiger partial charge in [0.25, 0.3) is 0 Å². The smallest absolute Gasteiger partial charge is 0.317 e. The number of hydrogen-bond donors (Lipinski definition) is 0. The van der Waals surface area contributed by atoms with E-state index >= 15 is 0 Å². The fourth-order valence-corrected chi connectivity index (χ4v) is 4.57. The average molecular weight is 644 g/mol. The highest BCUT2D eigenvalue weighted by Crippen LogP contribution is 2.39. The van der Waals surface area contributed by atoms with Crippen molar-refractivity contribution in [2.24, 2.45) is 0 Å². The molecule has 0 saturated carbocycles. The maximum Gasteiger partial charge on any atom is 0.317 e. The van der Waals surface area contributed by atoms with E-state index in [0.29, 0.717) is 58.5 Å². The number of nitrogens with zero attached hydrogens (tertiary/aromatic N) is 2. The number of ether oxygens (including phenoxy) is 7. The first-order valence-corrected chi connectivity index (χ1v) is 14.7. The predicted molar refractivity (Wildman–Crippen MR) is 170 cm³/mol. The van der Waals surface area contributed by atoms with Gasteiger partial charge < -0.3 is 33.2 Å². The van der Waals surface area contributed by atoms with Gasteiger partial charge >= 0.3 is 6.01 Å². The van der Waals surface area contributed by atoms with Crippen LogP contribution in [0.5, 0.6) is 40.5 Å². The second kappa shape index (κ2) is 17.1. The Morgan fingerprint density at radius 1 is 0.548 bits per heavy atom. The van der Waals surface area contributed by atoms with E-state index in [2.05, 4.69) is 25.9 Å². The van der Waals surface area contributed by atoms with Crippen LogP contribution in [0.3, 0.4) is 0 Å². The Kier molecular flexibility index (Phi) is 13.3. The van der Waals surface area contributed by atoms with Gasteiger partial charge in [0.15, 0.2) is 23.0 Å². The summed E-state index contributed by atoms with van der Waals surface area (Å²) in [4.78, 5) is 9.26. The minimum Gasteiger partial charge on any atom is -0.493 e. The van der Waals surface area contributed by atoms with Crippen molar-refractivity contribution >= 4 is 40.2 Å². The second-order valence-corrected chi connectivity index (χ2v) is 9.83. The quantitative estimate of drug-likeness (QED) is 0.112. The van der Waals surface area contributed by atoms with Gasteiger partial charge in [0.1, 0.15) is 0 Å². The summed E-state index contributed by atoms with van der Waals surface area (Å²) in [6.45, 7) is 0.540. The summed E-state index contributed by atoms with van der Waals surface area (Å²) in [5.74, 6) is 3.33. The van der Waals surface area contributed by atoms with E-state index < -0.39 is 0 Å². The van der Waals surface area contributed by atoms with Crippen LogP contribution in [0.25, 0.3) is 24.3 Å². The van der Waals surface area contributed by atoms with Crippen molar-refractivity contribution in [1.29, 1.82) is 0 Å². The van der Waals surface area contributed by atoms with Crippen molar-refractivity contribution in [3.05, 3.63) is 52.8 Å². The second-order valence-electron chi connectivity index (χ2n) is 9.04. The summed E-state index contributed by atoms with van der Waals surface area (Å²) < 4.78 is 38.8. The molecule has 0 aliphatic heterocycles. The fourth-order valence-electron chi connectivity index (χ4n) is 4.17. The lowest BCUT2D eigenvalue weighted by Crippen LogP contribution is -2.03. The molecule has 10 heteroatoms. The van der Waals surface area contributed by atoms with Crippen molar-refractivity contribution in [3.8, 4) is 40.5 Å². The lowest BCUT2D eigenvalue weighted by molar-refractivity contribution is 0.281. The zero-order chi connectivity index (χ0) is 30.3. The summed E-state index contributed by atoms with van der Waals surface area (Å²) in [5, 5.41) is 1.01. The van der Waals surface area contributed by atoms with Crippen molar-refractivity contribution in [2.75, 3.05) is 54.6 Å². The number of alkyl halides is 1. The van der Waals surface area contributed by atoms with Crippen LogP contribution in [-0.4, -0.2) is 64.6 Å². The van der Waals surface area contributed by atoms with Gasteiger partial charge in [-0.05, 0) is 66.5 Å². The topological polar surface area (TPSA) is 90.4 Å². The molecule has 0 unspecified atom stereocenters. The maximum atomic E-state index is 5.96. The third kappa shape index (κ3) is 9.04. The van der Waals surface area contributed by atoms with E-state index in [-0.39, 0.29) is 0 Å². The number of aromatic nitrogens is 2. The van der Waals surface area contributed by atoms with Gasteiger partial charge in [-0.25, -0.2) is 0 Å². The Morgan fingerprint density at radius 2 is 0.976 bits per heavy atom. The first kappa shape index (κ1) is 32.6. The van der Waals surface area contributed by atoms with Crippen LogP contribution >= 0.6 is 15.9 Å². The van der Waals surface area contributed by atoms with E-state index in [1.807, 2.05) is 54.6 Å². The molecule has 1 aromatic heterocycles. The predicted octanol–water partition coefficient (Wildman–Crippen LogP) is 7.20. The molecule has 3 aromatic rings. The van der Waals surface area contributed by atoms with Gasteiger partial charge in [0, 0.05) is 5.33 Å². The SMILES string of the molecule is COc1cc(C=Cc2cc(C=Cc3cc(OC)c(OC)c(OC)c3)nc(OCCCCCCBr)n2)cc(OC)c1OC. The highest BCUT2D eigenvalue weighted by molar-refractivity contribution is 9.09. The lowest BCUT2D eigenvalue weighted by Gasteiger charge is -2.13. The number of benzene rings is 2. The van der Waals surface area contributed by atoms with E-state index in [1.165, 1.54) is 0 Å². The Hall–Kier alpha value is -3.92. The third-order valence-corrected chi connectivity index (χ3v) is 6.83. The highest BCUT2D eigenvalue weighted by Gasteiger charge is 2.13. The van der Waals surface area contributed by atoms with Crippen molar-refractivity contribution in [1.82, 2.24) is 9.97 Å². The van der Waals surface area contributed by atoms with Crippen LogP contribution in [0, 0.1) is 0 Å². The molecule has 0 atom stereocenters. The average Bonchev–Trinajstić information content (AvgIpc) is 3.03. The maximum absolute atomic E-state index is 5.96. The van der Waals surface area contributed by atoms with Crippen LogP contribution in [-0.2, 0) is 0 Å². The molecule has 42 heavy (non-hydrogen) atoms. The number of rotatable bonds is 17. The molecule has 0 bridgehead atoms. The standard InChI is InChI=1S/C32H39BrN2O7/c1-36-26-17-22(18-27(37-2)30(26)40-5)11-13-24-21-25(35-32(34-24)42-16-10-8-7-9-15-33)14-12-23-19-28(38-3)31(41-6)29(20-23)39-4/h11-14,17-21H,7-10,15-16H2,1-6H3.